The van der Waals surface area contributed by atoms with Crippen molar-refractivity contribution in [1.29, 1.82) is 0 Å². The highest BCUT2D eigenvalue weighted by atomic mass is 16.2. The maximum atomic E-state index is 13.7. The number of nitrogens with one attached hydrogen (secondary N) is 2. The summed E-state index contributed by atoms with van der Waals surface area (Å²) in [7, 11) is 0. The molecule has 1 saturated heterocycles. The van der Waals surface area contributed by atoms with E-state index in [0.29, 0.717) is 25.4 Å². The molecule has 3 atom stereocenters. The van der Waals surface area contributed by atoms with Gasteiger partial charge in [0.2, 0.25) is 11.8 Å². The van der Waals surface area contributed by atoms with Gasteiger partial charge >= 0.3 is 6.03 Å². The summed E-state index contributed by atoms with van der Waals surface area (Å²) in [4.78, 5) is 40.6. The van der Waals surface area contributed by atoms with E-state index in [-0.39, 0.29) is 23.1 Å². The van der Waals surface area contributed by atoms with Crippen LogP contribution in [0.2, 0.25) is 0 Å². The molecule has 2 aliphatic carbocycles. The Kier molecular flexibility index (Phi) is 8.37. The first-order valence-corrected chi connectivity index (χ1v) is 13.8. The lowest BCUT2D eigenvalue weighted by Crippen LogP contribution is -2.58. The van der Waals surface area contributed by atoms with Gasteiger partial charge in [0, 0.05) is 18.5 Å². The number of benzene rings is 1. The molecule has 7 nitrogen and oxygen atoms in total. The normalized spacial score (nSPS) is 21.4. The van der Waals surface area contributed by atoms with Crippen LogP contribution in [-0.4, -0.2) is 47.9 Å². The average Bonchev–Trinajstić information content (AvgIpc) is 3.24. The molecule has 1 saturated carbocycles. The van der Waals surface area contributed by atoms with Gasteiger partial charge in [0.25, 0.3) is 0 Å². The Morgan fingerprint density at radius 2 is 1.78 bits per heavy atom. The number of allylic oxidation sites excluding steroid dienone is 1. The van der Waals surface area contributed by atoms with Gasteiger partial charge in [-0.2, -0.15) is 0 Å². The van der Waals surface area contributed by atoms with Gasteiger partial charge in [-0.05, 0) is 42.2 Å². The summed E-state index contributed by atoms with van der Waals surface area (Å²) in [5.74, 6) is 0.0329. The monoisotopic (exact) mass is 494 g/mol. The van der Waals surface area contributed by atoms with Crippen LogP contribution in [0.25, 0.3) is 6.08 Å². The van der Waals surface area contributed by atoms with Crippen molar-refractivity contribution in [3.8, 4) is 0 Å². The predicted octanol–water partition coefficient (Wildman–Crippen LogP) is 4.11. The molecule has 36 heavy (non-hydrogen) atoms. The van der Waals surface area contributed by atoms with Gasteiger partial charge in [-0.3, -0.25) is 9.59 Å². The van der Waals surface area contributed by atoms with Gasteiger partial charge in [-0.15, -0.1) is 0 Å². The molecule has 0 radical (unpaired) electrons. The Balaban J connectivity index is 1.42. The number of fused-ring (bicyclic) bond motifs is 2. The number of hydrogen-bond acceptors (Lipinski definition) is 3. The second kappa shape index (κ2) is 11.5. The summed E-state index contributed by atoms with van der Waals surface area (Å²) >= 11 is 0. The Hall–Kier alpha value is -2.83. The SMILES string of the molecule is CC[C@H](C)[C@H](NC(=O)[C@H](CC1CCCCC1)NC(N)=O)C(=O)N1CCC2(C=Cc3ccccc32)CC1. The molecular weight excluding hydrogens is 452 g/mol. The summed E-state index contributed by atoms with van der Waals surface area (Å²) in [6.07, 6.45) is 13.2. The third-order valence-electron chi connectivity index (χ3n) is 8.75. The quantitative estimate of drug-likeness (QED) is 0.506. The second-order valence-corrected chi connectivity index (χ2v) is 11.1. The van der Waals surface area contributed by atoms with Crippen molar-refractivity contribution in [3.05, 3.63) is 41.5 Å². The molecule has 0 aromatic heterocycles. The minimum absolute atomic E-state index is 0.00100. The molecule has 0 unspecified atom stereocenters. The first-order valence-electron chi connectivity index (χ1n) is 13.8. The molecule has 1 aliphatic heterocycles. The van der Waals surface area contributed by atoms with E-state index in [1.165, 1.54) is 17.5 Å². The Morgan fingerprint density at radius 1 is 1.08 bits per heavy atom. The van der Waals surface area contributed by atoms with Crippen molar-refractivity contribution < 1.29 is 14.4 Å². The van der Waals surface area contributed by atoms with Crippen LogP contribution in [0, 0.1) is 11.8 Å². The number of carbonyl (C=O) groups excluding carboxylic acids is 3. The number of urea groups is 1. The molecule has 4 rings (SSSR count). The number of carbonyl (C=O) groups is 3. The zero-order valence-electron chi connectivity index (χ0n) is 21.8. The Labute approximate surface area is 215 Å². The van der Waals surface area contributed by atoms with Crippen LogP contribution in [0.3, 0.4) is 0 Å². The molecule has 1 heterocycles. The number of amides is 4. The largest absolute Gasteiger partial charge is 0.352 e. The highest BCUT2D eigenvalue weighted by molar-refractivity contribution is 5.92. The number of rotatable bonds is 8. The minimum Gasteiger partial charge on any atom is -0.352 e. The van der Waals surface area contributed by atoms with Crippen LogP contribution in [0.1, 0.15) is 82.8 Å². The van der Waals surface area contributed by atoms with E-state index >= 15 is 0 Å². The summed E-state index contributed by atoms with van der Waals surface area (Å²) in [6, 6.07) is 6.46. The van der Waals surface area contributed by atoms with Gasteiger partial charge in [0.1, 0.15) is 12.1 Å². The average molecular weight is 495 g/mol. The molecule has 1 aromatic carbocycles. The third-order valence-corrected chi connectivity index (χ3v) is 8.75. The number of piperidine rings is 1. The molecule has 4 N–H and O–H groups in total. The smallest absolute Gasteiger partial charge is 0.312 e. The van der Waals surface area contributed by atoms with Crippen LogP contribution in [0.4, 0.5) is 4.79 Å². The summed E-state index contributed by atoms with van der Waals surface area (Å²) < 4.78 is 0. The van der Waals surface area contributed by atoms with E-state index in [4.69, 9.17) is 5.73 Å². The molecular formula is C29H42N4O3. The van der Waals surface area contributed by atoms with Crippen molar-refractivity contribution in [2.45, 2.75) is 89.1 Å². The molecule has 7 heteroatoms. The molecule has 1 aromatic rings. The van der Waals surface area contributed by atoms with Crippen molar-refractivity contribution in [2.24, 2.45) is 17.6 Å². The van der Waals surface area contributed by atoms with Crippen LogP contribution >= 0.6 is 0 Å². The topological polar surface area (TPSA) is 105 Å². The van der Waals surface area contributed by atoms with Gasteiger partial charge in [0.05, 0.1) is 0 Å². The van der Waals surface area contributed by atoms with Crippen LogP contribution in [0.5, 0.6) is 0 Å². The van der Waals surface area contributed by atoms with Crippen molar-refractivity contribution in [2.75, 3.05) is 13.1 Å². The minimum atomic E-state index is -0.713. The first kappa shape index (κ1) is 26.2. The van der Waals surface area contributed by atoms with Gasteiger partial charge in [-0.25, -0.2) is 4.79 Å². The van der Waals surface area contributed by atoms with E-state index in [1.54, 1.807) is 0 Å². The highest BCUT2D eigenvalue weighted by Gasteiger charge is 2.41. The highest BCUT2D eigenvalue weighted by Crippen LogP contribution is 2.43. The lowest BCUT2D eigenvalue weighted by molar-refractivity contribution is -0.139. The zero-order valence-corrected chi connectivity index (χ0v) is 21.8. The fourth-order valence-corrected chi connectivity index (χ4v) is 6.29. The van der Waals surface area contributed by atoms with Crippen molar-refractivity contribution >= 4 is 23.9 Å². The molecule has 2 fully saturated rings. The van der Waals surface area contributed by atoms with Gasteiger partial charge in [-0.1, -0.05) is 88.8 Å². The maximum Gasteiger partial charge on any atom is 0.312 e. The Morgan fingerprint density at radius 3 is 2.44 bits per heavy atom. The maximum absolute atomic E-state index is 13.7. The molecule has 0 bridgehead atoms. The molecule has 3 aliphatic rings. The number of nitrogens with zero attached hydrogens (tertiary/aromatic N) is 1. The Bertz CT molecular complexity index is 976. The predicted molar refractivity (Wildman–Crippen MR) is 142 cm³/mol. The fraction of sp³-hybridized carbons (Fsp3) is 0.621. The van der Waals surface area contributed by atoms with E-state index in [2.05, 4.69) is 47.1 Å². The number of hydrogen-bond donors (Lipinski definition) is 3. The van der Waals surface area contributed by atoms with Crippen LogP contribution in [-0.2, 0) is 15.0 Å². The second-order valence-electron chi connectivity index (χ2n) is 11.1. The van der Waals surface area contributed by atoms with E-state index in [0.717, 1.165) is 44.9 Å². The molecule has 1 spiro atoms. The number of nitrogens with two attached hydrogens (primary N) is 1. The van der Waals surface area contributed by atoms with E-state index in [9.17, 15) is 14.4 Å². The first-order chi connectivity index (χ1) is 17.3. The fourth-order valence-electron chi connectivity index (χ4n) is 6.29. The lowest BCUT2D eigenvalue weighted by Gasteiger charge is -2.41. The summed E-state index contributed by atoms with van der Waals surface area (Å²) in [6.45, 7) is 5.35. The molecule has 4 amide bonds. The van der Waals surface area contributed by atoms with Crippen molar-refractivity contribution in [3.63, 3.8) is 0 Å². The van der Waals surface area contributed by atoms with Crippen molar-refractivity contribution in [1.82, 2.24) is 15.5 Å². The van der Waals surface area contributed by atoms with E-state index < -0.39 is 18.1 Å². The summed E-state index contributed by atoms with van der Waals surface area (Å²) in [5.41, 5.74) is 8.03. The number of primary amides is 1. The molecule has 196 valence electrons. The van der Waals surface area contributed by atoms with Crippen LogP contribution in [0.15, 0.2) is 30.3 Å². The van der Waals surface area contributed by atoms with E-state index in [1.807, 2.05) is 18.7 Å². The van der Waals surface area contributed by atoms with Gasteiger partial charge < -0.3 is 21.3 Å². The van der Waals surface area contributed by atoms with Crippen LogP contribution < -0.4 is 16.4 Å². The summed E-state index contributed by atoms with van der Waals surface area (Å²) in [5, 5.41) is 5.67. The number of likely N-dealkylation sites (tertiary alicyclic amines) is 1. The lowest BCUT2D eigenvalue weighted by atomic mass is 9.74. The third kappa shape index (κ3) is 5.76. The standard InChI is InChI=1S/C29H42N4O3/c1-3-20(2)25(32-26(34)24(31-28(30)36)19-21-9-5-4-6-10-21)27(35)33-17-15-29(16-18-33)14-13-22-11-7-8-12-23(22)29/h7-8,11-14,20-21,24-25H,3-6,9-10,15-19H2,1-2H3,(H,32,34)(H3,30,31,36)/t20-,24-,25-/m0/s1. The zero-order chi connectivity index (χ0) is 25.7. The van der Waals surface area contributed by atoms with Gasteiger partial charge in [0.15, 0.2) is 0 Å².